The molecule has 2 amide bonds. The predicted molar refractivity (Wildman–Crippen MR) is 131 cm³/mol. The third kappa shape index (κ3) is 3.66. The Labute approximate surface area is 208 Å². The van der Waals surface area contributed by atoms with E-state index in [0.29, 0.717) is 11.6 Å². The molecule has 0 bridgehead atoms. The number of rotatable bonds is 5. The molecule has 2 aliphatic heterocycles. The summed E-state index contributed by atoms with van der Waals surface area (Å²) in [4.78, 5) is 31.7. The van der Waals surface area contributed by atoms with Gasteiger partial charge >= 0.3 is 0 Å². The smallest absolute Gasteiger partial charge is 0.233 e. The van der Waals surface area contributed by atoms with Gasteiger partial charge in [-0.2, -0.15) is 5.10 Å². The number of amides is 2. The van der Waals surface area contributed by atoms with Gasteiger partial charge in [-0.3, -0.25) is 14.5 Å². The van der Waals surface area contributed by atoms with Crippen molar-refractivity contribution < 1.29 is 14.3 Å². The highest BCUT2D eigenvalue weighted by Crippen LogP contribution is 2.63. The van der Waals surface area contributed by atoms with Crippen molar-refractivity contribution in [3.05, 3.63) is 52.4 Å². The van der Waals surface area contributed by atoms with E-state index < -0.39 is 0 Å². The second-order valence-corrected chi connectivity index (χ2v) is 10.9. The number of nitrogens with one attached hydrogen (secondary N) is 1. The molecule has 182 valence electrons. The Kier molecular flexibility index (Phi) is 5.25. The molecular formula is C26H28ClN5O3. The molecule has 1 N–H and O–H groups in total. The number of hydrogen-bond donors (Lipinski definition) is 1. The average Bonchev–Trinajstić information content (AvgIpc) is 3.07. The number of likely N-dealkylation sites (tertiary alicyclic amines) is 1. The molecule has 3 aliphatic rings. The fraction of sp³-hybridized carbons (Fsp3) is 0.462. The van der Waals surface area contributed by atoms with E-state index in [1.165, 1.54) is 11.2 Å². The summed E-state index contributed by atoms with van der Waals surface area (Å²) in [5.74, 6) is -0.507. The highest BCUT2D eigenvalue weighted by atomic mass is 35.5. The predicted octanol–water partition coefficient (Wildman–Crippen LogP) is 3.03. The van der Waals surface area contributed by atoms with Crippen LogP contribution in [0, 0.1) is 24.2 Å². The van der Waals surface area contributed by atoms with Gasteiger partial charge in [-0.05, 0) is 47.2 Å². The van der Waals surface area contributed by atoms with Crippen molar-refractivity contribution in [3.63, 3.8) is 0 Å². The number of imide groups is 1. The summed E-state index contributed by atoms with van der Waals surface area (Å²) >= 11 is 6.48. The first-order valence-electron chi connectivity index (χ1n) is 12.0. The summed E-state index contributed by atoms with van der Waals surface area (Å²) in [7, 11) is 0. The monoisotopic (exact) mass is 493 g/mol. The molecule has 1 aliphatic carbocycles. The molecule has 2 aromatic heterocycles. The van der Waals surface area contributed by atoms with Crippen molar-refractivity contribution in [2.24, 2.45) is 17.3 Å². The van der Waals surface area contributed by atoms with Crippen LogP contribution in [-0.4, -0.2) is 57.1 Å². The fourth-order valence-corrected chi connectivity index (χ4v) is 6.13. The maximum atomic E-state index is 12.8. The molecule has 2 saturated heterocycles. The van der Waals surface area contributed by atoms with Crippen LogP contribution in [0.5, 0.6) is 0 Å². The highest BCUT2D eigenvalue weighted by Gasteiger charge is 2.72. The molecule has 1 saturated carbocycles. The van der Waals surface area contributed by atoms with Crippen molar-refractivity contribution in [1.82, 2.24) is 24.8 Å². The van der Waals surface area contributed by atoms with Crippen LogP contribution in [-0.2, 0) is 27.3 Å². The van der Waals surface area contributed by atoms with Crippen LogP contribution in [0.4, 0.5) is 0 Å². The zero-order valence-electron chi connectivity index (χ0n) is 20.0. The van der Waals surface area contributed by atoms with Crippen molar-refractivity contribution in [2.45, 2.75) is 39.8 Å². The van der Waals surface area contributed by atoms with Gasteiger partial charge in [-0.25, -0.2) is 9.50 Å². The van der Waals surface area contributed by atoms with Crippen LogP contribution in [0.15, 0.2) is 30.7 Å². The van der Waals surface area contributed by atoms with Crippen LogP contribution in [0.3, 0.4) is 0 Å². The van der Waals surface area contributed by atoms with Crippen LogP contribution in [0.1, 0.15) is 30.5 Å². The number of benzene rings is 1. The molecule has 1 aromatic carbocycles. The number of piperidine rings is 1. The maximum Gasteiger partial charge on any atom is 0.233 e. The van der Waals surface area contributed by atoms with E-state index in [1.54, 1.807) is 4.52 Å². The van der Waals surface area contributed by atoms with Gasteiger partial charge in [-0.1, -0.05) is 25.4 Å². The van der Waals surface area contributed by atoms with E-state index in [0.717, 1.165) is 53.0 Å². The molecule has 9 heteroatoms. The Balaban J connectivity index is 1.35. The molecule has 35 heavy (non-hydrogen) atoms. The molecule has 6 rings (SSSR count). The number of ether oxygens (including phenoxy) is 1. The number of morpholine rings is 1. The van der Waals surface area contributed by atoms with Gasteiger partial charge in [0.1, 0.15) is 6.33 Å². The van der Waals surface area contributed by atoms with Crippen LogP contribution < -0.4 is 5.32 Å². The minimum atomic E-state index is -0.215. The number of aromatic nitrogens is 3. The molecule has 4 heterocycles. The van der Waals surface area contributed by atoms with E-state index >= 15 is 0 Å². The Morgan fingerprint density at radius 2 is 1.97 bits per heavy atom. The zero-order valence-corrected chi connectivity index (χ0v) is 20.8. The molecule has 3 aromatic rings. The van der Waals surface area contributed by atoms with Crippen LogP contribution >= 0.6 is 11.6 Å². The number of halogens is 1. The van der Waals surface area contributed by atoms with E-state index in [4.69, 9.17) is 16.3 Å². The average molecular weight is 494 g/mol. The standard InChI is InChI=1S/C26H28ClN5O3/c1-14-6-16(27)8-19(18(14)9-17-10-28-4-5-35-17)23-20-7-15(12-32(20)30-13-29-23)11-31-24(33)21-22(25(31)34)26(21,2)3/h6-8,12-13,17,21-22,28H,4-5,9-11H2,1-3H3. The Hall–Kier alpha value is -2.81. The SMILES string of the molecule is Cc1cc(Cl)cc(-c2ncnn3cc(CN4C(=O)C5C(C4=O)C5(C)C)cc23)c1CC1CNCCO1. The van der Waals surface area contributed by atoms with Gasteiger partial charge in [0.2, 0.25) is 11.8 Å². The second kappa shape index (κ2) is 8.11. The summed E-state index contributed by atoms with van der Waals surface area (Å²) in [5.41, 5.74) is 5.35. The lowest BCUT2D eigenvalue weighted by atomic mass is 9.94. The maximum absolute atomic E-state index is 12.8. The number of carbonyl (C=O) groups is 2. The number of hydrogen-bond acceptors (Lipinski definition) is 6. The Morgan fingerprint density at radius 3 is 2.69 bits per heavy atom. The number of aryl methyl sites for hydroxylation is 1. The van der Waals surface area contributed by atoms with Crippen LogP contribution in [0.25, 0.3) is 16.8 Å². The largest absolute Gasteiger partial charge is 0.375 e. The summed E-state index contributed by atoms with van der Waals surface area (Å²) < 4.78 is 7.72. The normalized spacial score (nSPS) is 25.4. The van der Waals surface area contributed by atoms with E-state index in [-0.39, 0.29) is 41.7 Å². The quantitative estimate of drug-likeness (QED) is 0.550. The summed E-state index contributed by atoms with van der Waals surface area (Å²) in [6, 6.07) is 5.87. The number of carbonyl (C=O) groups excluding carboxylic acids is 2. The molecule has 3 fully saturated rings. The molecular weight excluding hydrogens is 466 g/mol. The second-order valence-electron chi connectivity index (χ2n) is 10.5. The molecule has 0 spiro atoms. The molecule has 3 unspecified atom stereocenters. The third-order valence-corrected chi connectivity index (χ3v) is 8.04. The minimum Gasteiger partial charge on any atom is -0.375 e. The Morgan fingerprint density at radius 1 is 1.20 bits per heavy atom. The summed E-state index contributed by atoms with van der Waals surface area (Å²) in [6.07, 6.45) is 4.20. The first-order valence-corrected chi connectivity index (χ1v) is 12.4. The Bertz CT molecular complexity index is 1340. The van der Waals surface area contributed by atoms with Crippen molar-refractivity contribution in [2.75, 3.05) is 19.7 Å². The van der Waals surface area contributed by atoms with Gasteiger partial charge in [0.05, 0.1) is 42.3 Å². The van der Waals surface area contributed by atoms with E-state index in [1.807, 2.05) is 38.2 Å². The fourth-order valence-electron chi connectivity index (χ4n) is 5.85. The topological polar surface area (TPSA) is 88.8 Å². The van der Waals surface area contributed by atoms with Crippen molar-refractivity contribution in [1.29, 1.82) is 0 Å². The first-order chi connectivity index (χ1) is 16.8. The van der Waals surface area contributed by atoms with Gasteiger partial charge in [0, 0.05) is 36.3 Å². The molecule has 3 atom stereocenters. The molecule has 8 nitrogen and oxygen atoms in total. The number of fused-ring (bicyclic) bond motifs is 2. The first kappa shape index (κ1) is 22.6. The van der Waals surface area contributed by atoms with Gasteiger partial charge < -0.3 is 10.1 Å². The third-order valence-electron chi connectivity index (χ3n) is 7.82. The number of nitrogens with zero attached hydrogens (tertiary/aromatic N) is 4. The lowest BCUT2D eigenvalue weighted by Gasteiger charge is -2.25. The summed E-state index contributed by atoms with van der Waals surface area (Å²) in [5, 5.41) is 8.42. The lowest BCUT2D eigenvalue weighted by Crippen LogP contribution is -2.39. The highest BCUT2D eigenvalue weighted by molar-refractivity contribution is 6.31. The zero-order chi connectivity index (χ0) is 24.5. The van der Waals surface area contributed by atoms with Crippen LogP contribution in [0.2, 0.25) is 5.02 Å². The van der Waals surface area contributed by atoms with Gasteiger partial charge in [0.15, 0.2) is 0 Å². The minimum absolute atomic E-state index is 0.0691. The van der Waals surface area contributed by atoms with Crippen molar-refractivity contribution >= 4 is 28.9 Å². The van der Waals surface area contributed by atoms with E-state index in [9.17, 15) is 9.59 Å². The van der Waals surface area contributed by atoms with Gasteiger partial charge in [-0.15, -0.1) is 0 Å². The lowest BCUT2D eigenvalue weighted by molar-refractivity contribution is -0.143. The van der Waals surface area contributed by atoms with Gasteiger partial charge in [0.25, 0.3) is 0 Å². The van der Waals surface area contributed by atoms with E-state index in [2.05, 4.69) is 22.3 Å². The molecule has 0 radical (unpaired) electrons. The van der Waals surface area contributed by atoms with Crippen molar-refractivity contribution in [3.8, 4) is 11.3 Å². The summed E-state index contributed by atoms with van der Waals surface area (Å²) in [6.45, 7) is 8.63.